The minimum absolute atomic E-state index is 0.0439. The number of rotatable bonds is 6. The second-order valence-corrected chi connectivity index (χ2v) is 10.7. The molecule has 0 spiro atoms. The lowest BCUT2D eigenvalue weighted by molar-refractivity contribution is 0.339. The summed E-state index contributed by atoms with van der Waals surface area (Å²) < 4.78 is 47.9. The van der Waals surface area contributed by atoms with E-state index in [-0.39, 0.29) is 9.79 Å². The van der Waals surface area contributed by atoms with E-state index in [9.17, 15) is 16.8 Å². The average molecular weight is 374 g/mol. The van der Waals surface area contributed by atoms with Crippen molar-refractivity contribution in [2.75, 3.05) is 30.5 Å². The molecule has 0 aromatic heterocycles. The second-order valence-electron chi connectivity index (χ2n) is 6.75. The van der Waals surface area contributed by atoms with Crippen LogP contribution in [0.15, 0.2) is 28.0 Å². The molecule has 0 N–H and O–H groups in total. The molecule has 1 fully saturated rings. The molecule has 2 rings (SSSR count). The summed E-state index contributed by atoms with van der Waals surface area (Å²) >= 11 is 0. The Morgan fingerprint density at radius 2 is 1.71 bits per heavy atom. The van der Waals surface area contributed by atoms with Crippen molar-refractivity contribution in [1.82, 2.24) is 0 Å². The quantitative estimate of drug-likeness (QED) is 0.767. The van der Waals surface area contributed by atoms with E-state index in [1.165, 1.54) is 12.1 Å². The number of hydrogen-bond acceptors (Lipinski definition) is 5. The zero-order valence-electron chi connectivity index (χ0n) is 14.8. The SMILES string of the molecule is CCC(CC)C1CCN(c2ccc(S(C)(=O)=O)cc2S(C)(=O)=O)C1. The highest BCUT2D eigenvalue weighted by Crippen LogP contribution is 2.35. The maximum absolute atomic E-state index is 12.2. The molecule has 1 saturated heterocycles. The summed E-state index contributed by atoms with van der Waals surface area (Å²) in [6, 6.07) is 4.44. The van der Waals surface area contributed by atoms with Crippen molar-refractivity contribution in [2.45, 2.75) is 42.9 Å². The molecule has 7 heteroatoms. The lowest BCUT2D eigenvalue weighted by Gasteiger charge is -2.24. The maximum atomic E-state index is 12.2. The van der Waals surface area contributed by atoms with Crippen LogP contribution in [-0.2, 0) is 19.7 Å². The Balaban J connectivity index is 2.41. The molecule has 0 amide bonds. The number of hydrogen-bond donors (Lipinski definition) is 0. The third-order valence-corrected chi connectivity index (χ3v) is 7.28. The van der Waals surface area contributed by atoms with Gasteiger partial charge >= 0.3 is 0 Å². The molecule has 136 valence electrons. The van der Waals surface area contributed by atoms with Crippen LogP contribution < -0.4 is 4.90 Å². The Labute approximate surface area is 145 Å². The van der Waals surface area contributed by atoms with E-state index in [1.807, 2.05) is 0 Å². The number of sulfone groups is 2. The number of nitrogens with zero attached hydrogens (tertiary/aromatic N) is 1. The topological polar surface area (TPSA) is 71.5 Å². The zero-order chi connectivity index (χ0) is 18.1. The van der Waals surface area contributed by atoms with E-state index >= 15 is 0 Å². The van der Waals surface area contributed by atoms with Gasteiger partial charge in [-0.3, -0.25) is 0 Å². The maximum Gasteiger partial charge on any atom is 0.177 e. The van der Waals surface area contributed by atoms with Gasteiger partial charge in [0.2, 0.25) is 0 Å². The third-order valence-electron chi connectivity index (χ3n) is 5.04. The van der Waals surface area contributed by atoms with E-state index in [4.69, 9.17) is 0 Å². The summed E-state index contributed by atoms with van der Waals surface area (Å²) in [6.45, 7) is 6.02. The minimum Gasteiger partial charge on any atom is -0.370 e. The number of anilines is 1. The molecule has 1 atom stereocenters. The standard InChI is InChI=1S/C17H27NO4S2/c1-5-13(6-2)14-9-10-18(12-14)16-8-7-15(23(3,19)20)11-17(16)24(4,21)22/h7-8,11,13-14H,5-6,9-10,12H2,1-4H3. The lowest BCUT2D eigenvalue weighted by Crippen LogP contribution is -2.24. The highest BCUT2D eigenvalue weighted by Gasteiger charge is 2.30. The van der Waals surface area contributed by atoms with Crippen LogP contribution in [0.2, 0.25) is 0 Å². The lowest BCUT2D eigenvalue weighted by atomic mass is 9.87. The summed E-state index contributed by atoms with van der Waals surface area (Å²) in [5.74, 6) is 1.20. The summed E-state index contributed by atoms with van der Waals surface area (Å²) in [4.78, 5) is 2.24. The van der Waals surface area contributed by atoms with Crippen LogP contribution in [0.3, 0.4) is 0 Å². The van der Waals surface area contributed by atoms with Crippen LogP contribution in [0.5, 0.6) is 0 Å². The fraction of sp³-hybridized carbons (Fsp3) is 0.647. The van der Waals surface area contributed by atoms with Crippen LogP contribution >= 0.6 is 0 Å². The van der Waals surface area contributed by atoms with Crippen LogP contribution in [0.25, 0.3) is 0 Å². The molecule has 1 unspecified atom stereocenters. The van der Waals surface area contributed by atoms with Crippen molar-refractivity contribution < 1.29 is 16.8 Å². The summed E-state index contributed by atoms with van der Waals surface area (Å²) in [6.07, 6.45) is 5.52. The van der Waals surface area contributed by atoms with Crippen molar-refractivity contribution in [3.63, 3.8) is 0 Å². The molecule has 0 saturated carbocycles. The van der Waals surface area contributed by atoms with Gasteiger partial charge in [-0.05, 0) is 36.5 Å². The molecule has 0 bridgehead atoms. The van der Waals surface area contributed by atoms with Gasteiger partial charge in [0.1, 0.15) is 0 Å². The third kappa shape index (κ3) is 4.11. The normalized spacial score (nSPS) is 19.2. The van der Waals surface area contributed by atoms with Gasteiger partial charge in [0.25, 0.3) is 0 Å². The van der Waals surface area contributed by atoms with Gasteiger partial charge in [-0.25, -0.2) is 16.8 Å². The van der Waals surface area contributed by atoms with E-state index in [0.29, 0.717) is 17.5 Å². The summed E-state index contributed by atoms with van der Waals surface area (Å²) in [5, 5.41) is 0. The predicted octanol–water partition coefficient (Wildman–Crippen LogP) is 2.76. The molecular formula is C17H27NO4S2. The smallest absolute Gasteiger partial charge is 0.177 e. The molecule has 1 heterocycles. The van der Waals surface area contributed by atoms with E-state index in [1.54, 1.807) is 6.07 Å². The first-order valence-corrected chi connectivity index (χ1v) is 12.1. The van der Waals surface area contributed by atoms with Crippen LogP contribution in [0.4, 0.5) is 5.69 Å². The van der Waals surface area contributed by atoms with Gasteiger partial charge in [0.15, 0.2) is 19.7 Å². The first-order chi connectivity index (χ1) is 11.1. The molecule has 1 aliphatic heterocycles. The van der Waals surface area contributed by atoms with Crippen molar-refractivity contribution >= 4 is 25.4 Å². The fourth-order valence-corrected chi connectivity index (χ4v) is 5.27. The Kier molecular flexibility index (Phi) is 5.64. The van der Waals surface area contributed by atoms with Gasteiger partial charge in [-0.2, -0.15) is 0 Å². The monoisotopic (exact) mass is 373 g/mol. The van der Waals surface area contributed by atoms with Crippen molar-refractivity contribution in [1.29, 1.82) is 0 Å². The van der Waals surface area contributed by atoms with E-state index < -0.39 is 19.7 Å². The van der Waals surface area contributed by atoms with Gasteiger partial charge in [0, 0.05) is 25.6 Å². The van der Waals surface area contributed by atoms with Crippen LogP contribution in [-0.4, -0.2) is 42.4 Å². The van der Waals surface area contributed by atoms with Crippen molar-refractivity contribution in [3.05, 3.63) is 18.2 Å². The van der Waals surface area contributed by atoms with Gasteiger partial charge in [0.05, 0.1) is 15.5 Å². The Morgan fingerprint density at radius 1 is 1.08 bits per heavy atom. The fourth-order valence-electron chi connectivity index (χ4n) is 3.63. The second kappa shape index (κ2) is 7.04. The summed E-state index contributed by atoms with van der Waals surface area (Å²) in [5.41, 5.74) is 0.623. The molecular weight excluding hydrogens is 346 g/mol. The molecule has 0 aliphatic carbocycles. The highest BCUT2D eigenvalue weighted by molar-refractivity contribution is 7.91. The molecule has 1 aromatic carbocycles. The van der Waals surface area contributed by atoms with Crippen LogP contribution in [0, 0.1) is 11.8 Å². The Bertz CT molecular complexity index is 796. The predicted molar refractivity (Wildman–Crippen MR) is 97.1 cm³/mol. The molecule has 1 aromatic rings. The highest BCUT2D eigenvalue weighted by atomic mass is 32.2. The molecule has 24 heavy (non-hydrogen) atoms. The Morgan fingerprint density at radius 3 is 2.21 bits per heavy atom. The minimum atomic E-state index is -3.51. The largest absolute Gasteiger partial charge is 0.370 e. The van der Waals surface area contributed by atoms with Gasteiger partial charge in [-0.1, -0.05) is 26.7 Å². The number of benzene rings is 1. The van der Waals surface area contributed by atoms with Crippen molar-refractivity contribution in [3.8, 4) is 0 Å². The Hall–Kier alpha value is -1.08. The van der Waals surface area contributed by atoms with Gasteiger partial charge in [-0.15, -0.1) is 0 Å². The summed E-state index contributed by atoms with van der Waals surface area (Å²) in [7, 11) is -6.95. The van der Waals surface area contributed by atoms with Crippen molar-refractivity contribution in [2.24, 2.45) is 11.8 Å². The first kappa shape index (κ1) is 19.2. The first-order valence-electron chi connectivity index (χ1n) is 8.37. The van der Waals surface area contributed by atoms with Crippen LogP contribution in [0.1, 0.15) is 33.1 Å². The zero-order valence-corrected chi connectivity index (χ0v) is 16.5. The van der Waals surface area contributed by atoms with Gasteiger partial charge < -0.3 is 4.90 Å². The van der Waals surface area contributed by atoms with E-state index in [2.05, 4.69) is 18.7 Å². The molecule has 1 aliphatic rings. The van der Waals surface area contributed by atoms with E-state index in [0.717, 1.165) is 44.9 Å². The molecule has 5 nitrogen and oxygen atoms in total. The molecule has 0 radical (unpaired) electrons. The average Bonchev–Trinajstić information content (AvgIpc) is 2.96.